The number of nitrogens with one attached hydrogen (secondary N) is 1. The summed E-state index contributed by atoms with van der Waals surface area (Å²) in [4.78, 5) is 10.9. The number of anilines is 1. The molecule has 0 bridgehead atoms. The predicted molar refractivity (Wildman–Crippen MR) is 62.5 cm³/mol. The Balaban J connectivity index is 2.67. The number of para-hydroxylation sites is 2. The number of ether oxygens (including phenoxy) is 1. The van der Waals surface area contributed by atoms with E-state index in [0.29, 0.717) is 17.9 Å². The number of aliphatic hydroxyl groups excluding tert-OH is 1. The maximum atomic E-state index is 10.9. The van der Waals surface area contributed by atoms with Gasteiger partial charge in [-0.1, -0.05) is 19.1 Å². The Morgan fingerprint density at radius 2 is 2.19 bits per heavy atom. The standard InChI is InChI=1S/C12H17NO3/c1-3-10(15)8-16-12-7-5-4-6-11(12)13-9(2)14/h4-7,10,15H,3,8H2,1-2H3,(H,13,14). The molecule has 0 aliphatic carbocycles. The minimum absolute atomic E-state index is 0.146. The van der Waals surface area contributed by atoms with Crippen molar-refractivity contribution in [3.8, 4) is 5.75 Å². The number of carbonyl (C=O) groups is 1. The van der Waals surface area contributed by atoms with Crippen molar-refractivity contribution in [1.82, 2.24) is 0 Å². The van der Waals surface area contributed by atoms with E-state index >= 15 is 0 Å². The third kappa shape index (κ3) is 3.90. The molecule has 1 amide bonds. The maximum absolute atomic E-state index is 10.9. The fraction of sp³-hybridized carbons (Fsp3) is 0.417. The zero-order valence-electron chi connectivity index (χ0n) is 9.56. The summed E-state index contributed by atoms with van der Waals surface area (Å²) in [5, 5.41) is 12.0. The molecule has 0 radical (unpaired) electrons. The minimum Gasteiger partial charge on any atom is -0.489 e. The van der Waals surface area contributed by atoms with Gasteiger partial charge >= 0.3 is 0 Å². The Morgan fingerprint density at radius 1 is 1.50 bits per heavy atom. The summed E-state index contributed by atoms with van der Waals surface area (Å²) < 4.78 is 5.43. The van der Waals surface area contributed by atoms with Crippen molar-refractivity contribution in [3.63, 3.8) is 0 Å². The van der Waals surface area contributed by atoms with Gasteiger partial charge in [-0.25, -0.2) is 0 Å². The molecule has 1 aromatic carbocycles. The lowest BCUT2D eigenvalue weighted by atomic mass is 10.2. The van der Waals surface area contributed by atoms with Crippen molar-refractivity contribution in [2.75, 3.05) is 11.9 Å². The van der Waals surface area contributed by atoms with E-state index in [0.717, 1.165) is 0 Å². The maximum Gasteiger partial charge on any atom is 0.221 e. The topological polar surface area (TPSA) is 58.6 Å². The van der Waals surface area contributed by atoms with Crippen LogP contribution in [-0.2, 0) is 4.79 Å². The molecule has 88 valence electrons. The van der Waals surface area contributed by atoms with E-state index in [1.54, 1.807) is 12.1 Å². The van der Waals surface area contributed by atoms with Crippen LogP contribution >= 0.6 is 0 Å². The molecule has 0 saturated carbocycles. The number of carbonyl (C=O) groups excluding carboxylic acids is 1. The average Bonchev–Trinajstić information content (AvgIpc) is 2.26. The van der Waals surface area contributed by atoms with Gasteiger partial charge in [-0.3, -0.25) is 4.79 Å². The molecule has 1 atom stereocenters. The first kappa shape index (κ1) is 12.5. The van der Waals surface area contributed by atoms with E-state index in [4.69, 9.17) is 4.74 Å². The zero-order valence-corrected chi connectivity index (χ0v) is 9.56. The van der Waals surface area contributed by atoms with E-state index < -0.39 is 6.10 Å². The lowest BCUT2D eigenvalue weighted by Crippen LogP contribution is -2.17. The molecule has 0 aromatic heterocycles. The number of hydrogen-bond acceptors (Lipinski definition) is 3. The SMILES string of the molecule is CCC(O)COc1ccccc1NC(C)=O. The van der Waals surface area contributed by atoms with Crippen LogP contribution in [0, 0.1) is 0 Å². The monoisotopic (exact) mass is 223 g/mol. The van der Waals surface area contributed by atoms with Crippen LogP contribution in [0.3, 0.4) is 0 Å². The highest BCUT2D eigenvalue weighted by atomic mass is 16.5. The van der Waals surface area contributed by atoms with Crippen molar-refractivity contribution in [3.05, 3.63) is 24.3 Å². The van der Waals surface area contributed by atoms with Gasteiger partial charge in [0, 0.05) is 6.92 Å². The molecular weight excluding hydrogens is 206 g/mol. The third-order valence-electron chi connectivity index (χ3n) is 2.10. The van der Waals surface area contributed by atoms with Crippen LogP contribution in [0.2, 0.25) is 0 Å². The number of aliphatic hydroxyl groups is 1. The summed E-state index contributed by atoms with van der Waals surface area (Å²) in [6, 6.07) is 7.15. The van der Waals surface area contributed by atoms with Crippen molar-refractivity contribution in [1.29, 1.82) is 0 Å². The van der Waals surface area contributed by atoms with Crippen LogP contribution in [-0.4, -0.2) is 23.7 Å². The fourth-order valence-corrected chi connectivity index (χ4v) is 1.19. The van der Waals surface area contributed by atoms with Gasteiger partial charge in [0.05, 0.1) is 11.8 Å². The third-order valence-corrected chi connectivity index (χ3v) is 2.10. The van der Waals surface area contributed by atoms with E-state index in [1.165, 1.54) is 6.92 Å². The van der Waals surface area contributed by atoms with Crippen LogP contribution in [0.1, 0.15) is 20.3 Å². The highest BCUT2D eigenvalue weighted by molar-refractivity contribution is 5.90. The van der Waals surface area contributed by atoms with E-state index in [2.05, 4.69) is 5.32 Å². The Labute approximate surface area is 95.2 Å². The normalized spacial score (nSPS) is 11.9. The second-order valence-electron chi connectivity index (χ2n) is 3.55. The van der Waals surface area contributed by atoms with Gasteiger partial charge in [0.1, 0.15) is 12.4 Å². The van der Waals surface area contributed by atoms with E-state index in [1.807, 2.05) is 19.1 Å². The zero-order chi connectivity index (χ0) is 12.0. The van der Waals surface area contributed by atoms with Crippen molar-refractivity contribution >= 4 is 11.6 Å². The van der Waals surface area contributed by atoms with Gasteiger partial charge in [0.15, 0.2) is 0 Å². The lowest BCUT2D eigenvalue weighted by molar-refractivity contribution is -0.114. The van der Waals surface area contributed by atoms with Crippen LogP contribution < -0.4 is 10.1 Å². The molecule has 4 heteroatoms. The number of rotatable bonds is 5. The predicted octanol–water partition coefficient (Wildman–Crippen LogP) is 1.79. The van der Waals surface area contributed by atoms with Crippen molar-refractivity contribution in [2.45, 2.75) is 26.4 Å². The molecule has 0 fully saturated rings. The Morgan fingerprint density at radius 3 is 2.81 bits per heavy atom. The summed E-state index contributed by atoms with van der Waals surface area (Å²) in [5.74, 6) is 0.428. The molecule has 0 saturated heterocycles. The van der Waals surface area contributed by atoms with E-state index in [-0.39, 0.29) is 12.5 Å². The molecule has 0 spiro atoms. The molecule has 0 aliphatic rings. The molecule has 16 heavy (non-hydrogen) atoms. The number of hydrogen-bond donors (Lipinski definition) is 2. The molecule has 1 rings (SSSR count). The van der Waals surface area contributed by atoms with Gasteiger partial charge in [0.2, 0.25) is 5.91 Å². The van der Waals surface area contributed by atoms with E-state index in [9.17, 15) is 9.90 Å². The van der Waals surface area contributed by atoms with Crippen LogP contribution in [0.4, 0.5) is 5.69 Å². The quantitative estimate of drug-likeness (QED) is 0.800. The lowest BCUT2D eigenvalue weighted by Gasteiger charge is -2.13. The molecule has 1 unspecified atom stereocenters. The molecular formula is C12H17NO3. The van der Waals surface area contributed by atoms with Crippen LogP contribution in [0.25, 0.3) is 0 Å². The van der Waals surface area contributed by atoms with Gasteiger partial charge in [-0.2, -0.15) is 0 Å². The average molecular weight is 223 g/mol. The number of benzene rings is 1. The fourth-order valence-electron chi connectivity index (χ4n) is 1.19. The highest BCUT2D eigenvalue weighted by Crippen LogP contribution is 2.23. The van der Waals surface area contributed by atoms with Crippen LogP contribution in [0.5, 0.6) is 5.75 Å². The molecule has 0 heterocycles. The summed E-state index contributed by atoms with van der Waals surface area (Å²) in [6.07, 6.45) is 0.160. The van der Waals surface area contributed by atoms with Crippen molar-refractivity contribution in [2.24, 2.45) is 0 Å². The molecule has 2 N–H and O–H groups in total. The summed E-state index contributed by atoms with van der Waals surface area (Å²) in [7, 11) is 0. The van der Waals surface area contributed by atoms with Gasteiger partial charge in [0.25, 0.3) is 0 Å². The molecule has 4 nitrogen and oxygen atoms in total. The first-order chi connectivity index (χ1) is 7.63. The molecule has 0 aliphatic heterocycles. The van der Waals surface area contributed by atoms with Gasteiger partial charge in [-0.15, -0.1) is 0 Å². The second-order valence-corrected chi connectivity index (χ2v) is 3.55. The summed E-state index contributed by atoms with van der Waals surface area (Å²) in [6.45, 7) is 3.55. The Kier molecular flexibility index (Phi) is 4.79. The van der Waals surface area contributed by atoms with Crippen molar-refractivity contribution < 1.29 is 14.6 Å². The number of amides is 1. The first-order valence-corrected chi connectivity index (χ1v) is 5.31. The second kappa shape index (κ2) is 6.12. The largest absolute Gasteiger partial charge is 0.489 e. The van der Waals surface area contributed by atoms with Gasteiger partial charge in [-0.05, 0) is 18.6 Å². The Hall–Kier alpha value is -1.55. The Bertz CT molecular complexity index is 352. The molecule has 1 aromatic rings. The van der Waals surface area contributed by atoms with Gasteiger partial charge < -0.3 is 15.2 Å². The smallest absolute Gasteiger partial charge is 0.221 e. The summed E-state index contributed by atoms with van der Waals surface area (Å²) >= 11 is 0. The minimum atomic E-state index is -0.481. The summed E-state index contributed by atoms with van der Waals surface area (Å²) in [5.41, 5.74) is 0.623. The highest BCUT2D eigenvalue weighted by Gasteiger charge is 2.06. The van der Waals surface area contributed by atoms with Crippen LogP contribution in [0.15, 0.2) is 24.3 Å². The first-order valence-electron chi connectivity index (χ1n) is 5.31.